The molecule has 0 bridgehead atoms. The third-order valence-corrected chi connectivity index (χ3v) is 0.422. The van der Waals surface area contributed by atoms with Gasteiger partial charge in [0, 0.05) is 0 Å². The van der Waals surface area contributed by atoms with Crippen molar-refractivity contribution in [2.75, 3.05) is 0 Å². The predicted octanol–water partition coefficient (Wildman–Crippen LogP) is 0.987. The van der Waals surface area contributed by atoms with E-state index in [1.54, 1.807) is 12.4 Å². The summed E-state index contributed by atoms with van der Waals surface area (Å²) in [6.45, 7) is 8.33. The van der Waals surface area contributed by atoms with Crippen molar-refractivity contribution in [1.29, 1.82) is 0 Å². The number of hydrogen-bond acceptors (Lipinski definition) is 3. The Hall–Kier alpha value is -0.960. The predicted molar refractivity (Wildman–Crippen MR) is 30.0 cm³/mol. The molecule has 0 atom stereocenters. The van der Waals surface area contributed by atoms with E-state index >= 15 is 0 Å². The van der Waals surface area contributed by atoms with Gasteiger partial charge in [0.05, 0.1) is 5.76 Å². The summed E-state index contributed by atoms with van der Waals surface area (Å²) >= 11 is 0. The van der Waals surface area contributed by atoms with Crippen molar-refractivity contribution < 1.29 is 9.94 Å². The number of ether oxygens (including phenoxy) is 1. The van der Waals surface area contributed by atoms with E-state index in [1.165, 1.54) is 0 Å². The SMILES string of the molecule is C=C(C)OC(=C)NO. The lowest BCUT2D eigenvalue weighted by molar-refractivity contribution is 0.123. The molecule has 3 nitrogen and oxygen atoms in total. The minimum absolute atomic E-state index is 0.0810. The molecule has 0 aliphatic heterocycles. The van der Waals surface area contributed by atoms with Crippen LogP contribution in [0.15, 0.2) is 24.8 Å². The van der Waals surface area contributed by atoms with E-state index in [0.29, 0.717) is 5.76 Å². The van der Waals surface area contributed by atoms with E-state index in [2.05, 4.69) is 17.9 Å². The summed E-state index contributed by atoms with van der Waals surface area (Å²) in [5.74, 6) is 0.564. The van der Waals surface area contributed by atoms with Crippen LogP contribution in [-0.4, -0.2) is 5.21 Å². The highest BCUT2D eigenvalue weighted by molar-refractivity contribution is 4.85. The van der Waals surface area contributed by atoms with Crippen molar-refractivity contribution in [3.05, 3.63) is 24.8 Å². The number of hydroxylamine groups is 1. The van der Waals surface area contributed by atoms with Gasteiger partial charge in [0.1, 0.15) is 0 Å². The first-order valence-electron chi connectivity index (χ1n) is 2.09. The van der Waals surface area contributed by atoms with Crippen LogP contribution in [-0.2, 0) is 4.74 Å². The van der Waals surface area contributed by atoms with Gasteiger partial charge in [0.2, 0.25) is 5.88 Å². The average molecular weight is 115 g/mol. The van der Waals surface area contributed by atoms with Crippen LogP contribution in [0.1, 0.15) is 6.92 Å². The summed E-state index contributed by atoms with van der Waals surface area (Å²) in [7, 11) is 0. The molecular formula is C5H9NO2. The highest BCUT2D eigenvalue weighted by Gasteiger charge is 1.87. The van der Waals surface area contributed by atoms with Crippen LogP contribution in [0.3, 0.4) is 0 Å². The van der Waals surface area contributed by atoms with Gasteiger partial charge in [0.25, 0.3) is 0 Å². The fourth-order valence-electron chi connectivity index (χ4n) is 0.233. The molecule has 0 aromatic rings. The first-order chi connectivity index (χ1) is 3.66. The first-order valence-corrected chi connectivity index (χ1v) is 2.09. The van der Waals surface area contributed by atoms with Crippen LogP contribution in [0.5, 0.6) is 0 Å². The first kappa shape index (κ1) is 7.04. The van der Waals surface area contributed by atoms with E-state index < -0.39 is 0 Å². The lowest BCUT2D eigenvalue weighted by Gasteiger charge is -2.03. The van der Waals surface area contributed by atoms with Gasteiger partial charge in [-0.15, -0.1) is 0 Å². The molecule has 8 heavy (non-hydrogen) atoms. The number of allylic oxidation sites excluding steroid dienone is 1. The van der Waals surface area contributed by atoms with E-state index in [4.69, 9.17) is 5.21 Å². The molecule has 0 spiro atoms. The zero-order valence-corrected chi connectivity index (χ0v) is 4.77. The third kappa shape index (κ3) is 3.24. The molecule has 0 unspecified atom stereocenters. The van der Waals surface area contributed by atoms with Crippen molar-refractivity contribution in [1.82, 2.24) is 5.48 Å². The van der Waals surface area contributed by atoms with Gasteiger partial charge >= 0.3 is 0 Å². The Bertz CT molecular complexity index is 109. The van der Waals surface area contributed by atoms with Gasteiger partial charge in [-0.2, -0.15) is 0 Å². The van der Waals surface area contributed by atoms with E-state index in [-0.39, 0.29) is 5.88 Å². The highest BCUT2D eigenvalue weighted by atomic mass is 16.6. The van der Waals surface area contributed by atoms with Crippen molar-refractivity contribution in [2.45, 2.75) is 6.92 Å². The number of nitrogens with one attached hydrogen (secondary N) is 1. The molecule has 0 aromatic carbocycles. The van der Waals surface area contributed by atoms with E-state index in [0.717, 1.165) is 0 Å². The maximum absolute atomic E-state index is 8.07. The van der Waals surface area contributed by atoms with Crippen LogP contribution in [0.2, 0.25) is 0 Å². The van der Waals surface area contributed by atoms with Crippen LogP contribution < -0.4 is 5.48 Å². The second-order valence-electron chi connectivity index (χ2n) is 1.34. The van der Waals surface area contributed by atoms with Gasteiger partial charge in [-0.25, -0.2) is 5.48 Å². The maximum Gasteiger partial charge on any atom is 0.209 e. The Kier molecular flexibility index (Phi) is 2.72. The highest BCUT2D eigenvalue weighted by Crippen LogP contribution is 1.94. The molecule has 46 valence electrons. The fourth-order valence-corrected chi connectivity index (χ4v) is 0.233. The van der Waals surface area contributed by atoms with Crippen LogP contribution in [0, 0.1) is 0 Å². The molecule has 0 radical (unpaired) electrons. The Morgan fingerprint density at radius 3 is 2.25 bits per heavy atom. The minimum atomic E-state index is 0.0810. The third-order valence-electron chi connectivity index (χ3n) is 0.422. The van der Waals surface area contributed by atoms with Gasteiger partial charge < -0.3 is 4.74 Å². The van der Waals surface area contributed by atoms with E-state index in [1.807, 2.05) is 0 Å². The minimum Gasteiger partial charge on any atom is -0.445 e. The van der Waals surface area contributed by atoms with Crippen LogP contribution in [0.25, 0.3) is 0 Å². The van der Waals surface area contributed by atoms with Crippen molar-refractivity contribution >= 4 is 0 Å². The van der Waals surface area contributed by atoms with Gasteiger partial charge in [0.15, 0.2) is 0 Å². The molecule has 0 fully saturated rings. The van der Waals surface area contributed by atoms with Crippen molar-refractivity contribution in [2.24, 2.45) is 0 Å². The molecule has 0 rings (SSSR count). The molecule has 0 saturated heterocycles. The zero-order chi connectivity index (χ0) is 6.57. The second-order valence-corrected chi connectivity index (χ2v) is 1.34. The normalized spacial score (nSPS) is 7.75. The van der Waals surface area contributed by atoms with Crippen LogP contribution >= 0.6 is 0 Å². The largest absolute Gasteiger partial charge is 0.445 e. The number of hydrogen-bond donors (Lipinski definition) is 2. The molecule has 3 heteroatoms. The maximum atomic E-state index is 8.07. The van der Waals surface area contributed by atoms with Crippen LogP contribution in [0.4, 0.5) is 0 Å². The van der Waals surface area contributed by atoms with E-state index in [9.17, 15) is 0 Å². The molecule has 0 aliphatic carbocycles. The zero-order valence-electron chi connectivity index (χ0n) is 4.77. The Morgan fingerprint density at radius 2 is 2.12 bits per heavy atom. The van der Waals surface area contributed by atoms with Gasteiger partial charge in [-0.3, -0.25) is 5.21 Å². The second kappa shape index (κ2) is 3.10. The lowest BCUT2D eigenvalue weighted by atomic mass is 10.7. The smallest absolute Gasteiger partial charge is 0.209 e. The Balaban J connectivity index is 3.40. The summed E-state index contributed by atoms with van der Waals surface area (Å²) in [6.07, 6.45) is 0. The summed E-state index contributed by atoms with van der Waals surface area (Å²) in [4.78, 5) is 0. The fraction of sp³-hybridized carbons (Fsp3) is 0.200. The molecule has 0 aromatic heterocycles. The standard InChI is InChI=1S/C5H9NO2/c1-4(2)8-5(3)6-7/h6-7H,1,3H2,2H3. The van der Waals surface area contributed by atoms with Crippen molar-refractivity contribution in [3.63, 3.8) is 0 Å². The summed E-state index contributed by atoms with van der Waals surface area (Å²) in [6, 6.07) is 0. The molecule has 0 amide bonds. The molecule has 0 heterocycles. The van der Waals surface area contributed by atoms with Gasteiger partial charge in [-0.05, 0) is 13.5 Å². The topological polar surface area (TPSA) is 41.5 Å². The Morgan fingerprint density at radius 1 is 1.62 bits per heavy atom. The molecule has 2 N–H and O–H groups in total. The molecule has 0 aliphatic rings. The Labute approximate surface area is 48.2 Å². The number of rotatable bonds is 3. The summed E-state index contributed by atoms with van der Waals surface area (Å²) in [5.41, 5.74) is 1.72. The summed E-state index contributed by atoms with van der Waals surface area (Å²) < 4.78 is 4.65. The molecule has 0 saturated carbocycles. The quantitative estimate of drug-likeness (QED) is 0.425. The lowest BCUT2D eigenvalue weighted by Crippen LogP contribution is -2.07. The summed E-state index contributed by atoms with van der Waals surface area (Å²) in [5, 5.41) is 8.07. The van der Waals surface area contributed by atoms with Crippen molar-refractivity contribution in [3.8, 4) is 0 Å². The van der Waals surface area contributed by atoms with Gasteiger partial charge in [-0.1, -0.05) is 6.58 Å². The monoisotopic (exact) mass is 115 g/mol. The average Bonchev–Trinajstić information content (AvgIpc) is 1.65. The molecular weight excluding hydrogens is 106 g/mol.